The molecule has 5 rings (SSSR count). The average Bonchev–Trinajstić information content (AvgIpc) is 3.13. The normalized spacial score (nSPS) is 15.6. The number of halogens is 1. The summed E-state index contributed by atoms with van der Waals surface area (Å²) in [4.78, 5) is 31.8. The molecular formula is C27H21BrN4O2S. The minimum absolute atomic E-state index is 0.0858. The van der Waals surface area contributed by atoms with Gasteiger partial charge in [0.15, 0.2) is 0 Å². The maximum Gasteiger partial charge on any atom is 0.247 e. The summed E-state index contributed by atoms with van der Waals surface area (Å²) in [5.41, 5.74) is 6.03. The van der Waals surface area contributed by atoms with Crippen LogP contribution >= 0.6 is 27.7 Å². The van der Waals surface area contributed by atoms with Crippen molar-refractivity contribution in [3.8, 4) is 22.5 Å². The molecule has 1 atom stereocenters. The predicted molar refractivity (Wildman–Crippen MR) is 141 cm³/mol. The number of imide groups is 1. The number of thioether (sulfide) groups is 1. The summed E-state index contributed by atoms with van der Waals surface area (Å²) < 4.78 is 0.878. The highest BCUT2D eigenvalue weighted by Gasteiger charge is 2.40. The molecule has 0 bridgehead atoms. The SMILES string of the molecule is Cc1ccc(-c2nnc(S[C@H]3CC(=O)N(c4ccc(Br)cc4)C3=O)nc2-c2ccc(C)cc2)cc1. The minimum atomic E-state index is -0.607. The lowest BCUT2D eigenvalue weighted by atomic mass is 10.0. The van der Waals surface area contributed by atoms with Gasteiger partial charge in [-0.3, -0.25) is 9.59 Å². The maximum absolute atomic E-state index is 13.1. The van der Waals surface area contributed by atoms with E-state index in [9.17, 15) is 9.59 Å². The van der Waals surface area contributed by atoms with Crippen LogP contribution in [0.1, 0.15) is 17.5 Å². The third kappa shape index (κ3) is 4.90. The molecule has 2 heterocycles. The highest BCUT2D eigenvalue weighted by molar-refractivity contribution is 9.10. The van der Waals surface area contributed by atoms with Crippen LogP contribution in [-0.4, -0.2) is 32.2 Å². The predicted octanol–water partition coefficient (Wildman–Crippen LogP) is 6.01. The fourth-order valence-corrected chi connectivity index (χ4v) is 5.05. The topological polar surface area (TPSA) is 76.1 Å². The first kappa shape index (κ1) is 23.4. The highest BCUT2D eigenvalue weighted by atomic mass is 79.9. The number of carbonyl (C=O) groups excluding carboxylic acids is 2. The Bertz CT molecular complexity index is 1410. The molecule has 0 N–H and O–H groups in total. The van der Waals surface area contributed by atoms with Crippen LogP contribution in [0.5, 0.6) is 0 Å². The van der Waals surface area contributed by atoms with Crippen LogP contribution in [0.25, 0.3) is 22.5 Å². The summed E-state index contributed by atoms with van der Waals surface area (Å²) in [6, 6.07) is 23.2. The lowest BCUT2D eigenvalue weighted by Gasteiger charge is -2.15. The molecule has 0 spiro atoms. The second-order valence-electron chi connectivity index (χ2n) is 8.38. The molecule has 174 valence electrons. The fraction of sp³-hybridized carbons (Fsp3) is 0.148. The highest BCUT2D eigenvalue weighted by Crippen LogP contribution is 2.35. The van der Waals surface area contributed by atoms with Crippen LogP contribution in [-0.2, 0) is 9.59 Å². The van der Waals surface area contributed by atoms with E-state index in [2.05, 4.69) is 26.1 Å². The second-order valence-corrected chi connectivity index (χ2v) is 10.5. The number of hydrogen-bond acceptors (Lipinski definition) is 6. The van der Waals surface area contributed by atoms with Gasteiger partial charge in [-0.15, -0.1) is 10.2 Å². The number of carbonyl (C=O) groups is 2. The Hall–Kier alpha value is -3.36. The molecule has 1 aliphatic rings. The maximum atomic E-state index is 13.1. The Kier molecular flexibility index (Phi) is 6.49. The molecule has 0 unspecified atom stereocenters. The molecule has 0 radical (unpaired) electrons. The molecule has 1 aliphatic heterocycles. The van der Waals surface area contributed by atoms with E-state index in [1.165, 1.54) is 16.7 Å². The second kappa shape index (κ2) is 9.71. The molecule has 35 heavy (non-hydrogen) atoms. The van der Waals surface area contributed by atoms with Crippen LogP contribution in [0.15, 0.2) is 82.4 Å². The number of aromatic nitrogens is 3. The number of nitrogens with zero attached hydrogens (tertiary/aromatic N) is 4. The Morgan fingerprint density at radius 1 is 0.800 bits per heavy atom. The summed E-state index contributed by atoms with van der Waals surface area (Å²) in [5, 5.41) is 8.58. The van der Waals surface area contributed by atoms with E-state index < -0.39 is 5.25 Å². The molecule has 1 aromatic heterocycles. The molecule has 0 aliphatic carbocycles. The van der Waals surface area contributed by atoms with Crippen molar-refractivity contribution in [2.45, 2.75) is 30.7 Å². The van der Waals surface area contributed by atoms with Crippen molar-refractivity contribution >= 4 is 45.2 Å². The monoisotopic (exact) mass is 544 g/mol. The van der Waals surface area contributed by atoms with Gasteiger partial charge in [0.25, 0.3) is 0 Å². The number of anilines is 1. The summed E-state index contributed by atoms with van der Waals surface area (Å²) >= 11 is 4.56. The Labute approximate surface area is 215 Å². The molecule has 0 saturated carbocycles. The molecular weight excluding hydrogens is 524 g/mol. The molecule has 6 nitrogen and oxygen atoms in total. The zero-order chi connectivity index (χ0) is 24.5. The van der Waals surface area contributed by atoms with E-state index in [0.29, 0.717) is 22.2 Å². The van der Waals surface area contributed by atoms with Crippen molar-refractivity contribution in [2.24, 2.45) is 0 Å². The standard InChI is InChI=1S/C27H21BrN4O2S/c1-16-3-7-18(8-4-16)24-25(19-9-5-17(2)6-10-19)30-31-27(29-24)35-22-15-23(33)32(26(22)34)21-13-11-20(28)12-14-21/h3-14,22H,15H2,1-2H3/t22-/m0/s1. The van der Waals surface area contributed by atoms with E-state index >= 15 is 0 Å². The van der Waals surface area contributed by atoms with Gasteiger partial charge in [0, 0.05) is 22.0 Å². The van der Waals surface area contributed by atoms with Gasteiger partial charge in [0.1, 0.15) is 16.6 Å². The Morgan fingerprint density at radius 2 is 1.37 bits per heavy atom. The zero-order valence-corrected chi connectivity index (χ0v) is 21.5. The molecule has 4 aromatic rings. The van der Waals surface area contributed by atoms with Crippen LogP contribution in [0, 0.1) is 13.8 Å². The smallest absolute Gasteiger partial charge is 0.247 e. The van der Waals surface area contributed by atoms with Gasteiger partial charge in [-0.1, -0.05) is 87.3 Å². The number of amides is 2. The van der Waals surface area contributed by atoms with Crippen molar-refractivity contribution in [3.05, 3.63) is 88.4 Å². The number of benzene rings is 3. The first-order valence-corrected chi connectivity index (χ1v) is 12.7. The Morgan fingerprint density at radius 3 is 1.97 bits per heavy atom. The van der Waals surface area contributed by atoms with Gasteiger partial charge < -0.3 is 0 Å². The van der Waals surface area contributed by atoms with E-state index in [4.69, 9.17) is 4.98 Å². The molecule has 8 heteroatoms. The zero-order valence-electron chi connectivity index (χ0n) is 19.1. The third-order valence-corrected chi connectivity index (χ3v) is 7.32. The van der Waals surface area contributed by atoms with Gasteiger partial charge in [0.05, 0.1) is 5.69 Å². The molecule has 1 fully saturated rings. The van der Waals surface area contributed by atoms with Crippen LogP contribution in [0.3, 0.4) is 0 Å². The van der Waals surface area contributed by atoms with Crippen molar-refractivity contribution in [1.82, 2.24) is 15.2 Å². The first-order valence-electron chi connectivity index (χ1n) is 11.1. The average molecular weight is 545 g/mol. The number of hydrogen-bond donors (Lipinski definition) is 0. The lowest BCUT2D eigenvalue weighted by Crippen LogP contribution is -2.31. The third-order valence-electron chi connectivity index (χ3n) is 5.76. The summed E-state index contributed by atoms with van der Waals surface area (Å²) in [7, 11) is 0. The Balaban J connectivity index is 1.47. The van der Waals surface area contributed by atoms with Gasteiger partial charge in [-0.25, -0.2) is 9.88 Å². The van der Waals surface area contributed by atoms with Crippen molar-refractivity contribution in [1.29, 1.82) is 0 Å². The van der Waals surface area contributed by atoms with E-state index in [1.54, 1.807) is 24.3 Å². The first-order chi connectivity index (χ1) is 16.9. The summed E-state index contributed by atoms with van der Waals surface area (Å²) in [6.45, 7) is 4.07. The van der Waals surface area contributed by atoms with Crippen molar-refractivity contribution in [2.75, 3.05) is 4.90 Å². The van der Waals surface area contributed by atoms with Crippen LogP contribution in [0.4, 0.5) is 5.69 Å². The fourth-order valence-electron chi connectivity index (χ4n) is 3.86. The van der Waals surface area contributed by atoms with Gasteiger partial charge in [0.2, 0.25) is 17.0 Å². The van der Waals surface area contributed by atoms with E-state index in [1.807, 2.05) is 62.4 Å². The summed E-state index contributed by atoms with van der Waals surface area (Å²) in [6.07, 6.45) is 0.0858. The van der Waals surface area contributed by atoms with Gasteiger partial charge in [-0.05, 0) is 38.1 Å². The minimum Gasteiger partial charge on any atom is -0.274 e. The number of aryl methyl sites for hydroxylation is 2. The van der Waals surface area contributed by atoms with Crippen molar-refractivity contribution in [3.63, 3.8) is 0 Å². The largest absolute Gasteiger partial charge is 0.274 e. The van der Waals surface area contributed by atoms with E-state index in [-0.39, 0.29) is 18.2 Å². The van der Waals surface area contributed by atoms with E-state index in [0.717, 1.165) is 26.7 Å². The summed E-state index contributed by atoms with van der Waals surface area (Å²) in [5.74, 6) is -0.511. The lowest BCUT2D eigenvalue weighted by molar-refractivity contribution is -0.121. The molecule has 3 aromatic carbocycles. The van der Waals surface area contributed by atoms with Crippen molar-refractivity contribution < 1.29 is 9.59 Å². The van der Waals surface area contributed by atoms with Crippen LogP contribution in [0.2, 0.25) is 0 Å². The van der Waals surface area contributed by atoms with Gasteiger partial charge in [-0.2, -0.15) is 0 Å². The molecule has 2 amide bonds. The molecule has 1 saturated heterocycles. The quantitative estimate of drug-likeness (QED) is 0.286. The van der Waals surface area contributed by atoms with Crippen LogP contribution < -0.4 is 4.90 Å². The number of rotatable bonds is 5. The van der Waals surface area contributed by atoms with Gasteiger partial charge >= 0.3 is 0 Å².